The number of hydrogen-bond acceptors (Lipinski definition) is 4. The van der Waals surface area contributed by atoms with Crippen molar-refractivity contribution < 1.29 is 0 Å². The van der Waals surface area contributed by atoms with Gasteiger partial charge in [0.1, 0.15) is 0 Å². The van der Waals surface area contributed by atoms with E-state index in [-0.39, 0.29) is 0 Å². The first-order valence-corrected chi connectivity index (χ1v) is 8.53. The van der Waals surface area contributed by atoms with Gasteiger partial charge in [-0.15, -0.1) is 11.3 Å². The van der Waals surface area contributed by atoms with Crippen molar-refractivity contribution in [2.24, 2.45) is 0 Å². The van der Waals surface area contributed by atoms with Gasteiger partial charge < -0.3 is 5.32 Å². The van der Waals surface area contributed by atoms with Crippen LogP contribution in [0.3, 0.4) is 0 Å². The summed E-state index contributed by atoms with van der Waals surface area (Å²) in [6.07, 6.45) is 0. The van der Waals surface area contributed by atoms with Crippen LogP contribution >= 0.6 is 11.3 Å². The third kappa shape index (κ3) is 4.63. The van der Waals surface area contributed by atoms with Crippen LogP contribution < -0.4 is 5.32 Å². The van der Waals surface area contributed by atoms with Crippen molar-refractivity contribution in [3.05, 3.63) is 52.0 Å². The highest BCUT2D eigenvalue weighted by Gasteiger charge is 2.17. The van der Waals surface area contributed by atoms with Gasteiger partial charge in [-0.05, 0) is 25.6 Å². The van der Waals surface area contributed by atoms with Crippen LogP contribution in [0.4, 0.5) is 0 Å². The second-order valence-electron chi connectivity index (χ2n) is 5.14. The first kappa shape index (κ1) is 16.1. The molecule has 21 heavy (non-hydrogen) atoms. The zero-order valence-corrected chi connectivity index (χ0v) is 14.0. The first-order valence-electron chi connectivity index (χ1n) is 7.65. The molecule has 1 atom stereocenters. The van der Waals surface area contributed by atoms with Crippen molar-refractivity contribution >= 4 is 11.3 Å². The smallest absolute Gasteiger partial charge is 0.0897 e. The molecule has 1 heterocycles. The largest absolute Gasteiger partial charge is 0.309 e. The number of nitrogens with zero attached hydrogens (tertiary/aromatic N) is 2. The lowest BCUT2D eigenvalue weighted by Crippen LogP contribution is -2.35. The molecule has 2 aromatic rings. The maximum absolute atomic E-state index is 4.51. The third-order valence-corrected chi connectivity index (χ3v) is 4.57. The van der Waals surface area contributed by atoms with Gasteiger partial charge >= 0.3 is 0 Å². The van der Waals surface area contributed by atoms with Crippen molar-refractivity contribution in [2.75, 3.05) is 19.6 Å². The van der Waals surface area contributed by atoms with E-state index < -0.39 is 0 Å². The third-order valence-electron chi connectivity index (χ3n) is 3.75. The molecule has 1 N–H and O–H groups in total. The molecule has 0 aliphatic rings. The van der Waals surface area contributed by atoms with Crippen molar-refractivity contribution in [2.45, 2.75) is 33.4 Å². The van der Waals surface area contributed by atoms with Gasteiger partial charge in [-0.3, -0.25) is 4.90 Å². The van der Waals surface area contributed by atoms with E-state index in [1.165, 1.54) is 5.56 Å². The van der Waals surface area contributed by atoms with Gasteiger partial charge in [0, 0.05) is 24.5 Å². The Bertz CT molecular complexity index is 520. The average Bonchev–Trinajstić information content (AvgIpc) is 2.93. The number of nitrogens with one attached hydrogen (secondary N) is 1. The Hall–Kier alpha value is -1.23. The standard InChI is InChI=1S/C17H25N3S/c1-4-20(5-2)17(15-9-7-6-8-10-15)12-18-11-16-13-21-14(3)19-16/h6-10,13,17-18H,4-5,11-12H2,1-3H3. The highest BCUT2D eigenvalue weighted by atomic mass is 32.1. The van der Waals surface area contributed by atoms with E-state index in [2.05, 4.69) is 71.7 Å². The molecule has 0 amide bonds. The van der Waals surface area contributed by atoms with Gasteiger partial charge in [-0.2, -0.15) is 0 Å². The predicted octanol–water partition coefficient (Wildman–Crippen LogP) is 3.62. The van der Waals surface area contributed by atoms with Crippen LogP contribution in [0.2, 0.25) is 0 Å². The predicted molar refractivity (Wildman–Crippen MR) is 90.7 cm³/mol. The highest BCUT2D eigenvalue weighted by Crippen LogP contribution is 2.19. The second kappa shape index (κ2) is 8.27. The van der Waals surface area contributed by atoms with Crippen molar-refractivity contribution in [3.8, 4) is 0 Å². The normalized spacial score (nSPS) is 12.8. The Morgan fingerprint density at radius 3 is 2.48 bits per heavy atom. The van der Waals surface area contributed by atoms with Gasteiger partial charge in [0.2, 0.25) is 0 Å². The molecule has 0 aliphatic heterocycles. The van der Waals surface area contributed by atoms with Crippen LogP contribution in [-0.2, 0) is 6.54 Å². The van der Waals surface area contributed by atoms with E-state index in [0.29, 0.717) is 6.04 Å². The maximum atomic E-state index is 4.51. The molecule has 1 aromatic heterocycles. The van der Waals surface area contributed by atoms with Gasteiger partial charge in [0.05, 0.1) is 10.7 Å². The summed E-state index contributed by atoms with van der Waals surface area (Å²) in [5, 5.41) is 6.84. The van der Waals surface area contributed by atoms with E-state index >= 15 is 0 Å². The van der Waals surface area contributed by atoms with Crippen LogP contribution in [0.15, 0.2) is 35.7 Å². The maximum Gasteiger partial charge on any atom is 0.0897 e. The van der Waals surface area contributed by atoms with Crippen molar-refractivity contribution in [1.29, 1.82) is 0 Å². The van der Waals surface area contributed by atoms with Crippen LogP contribution in [0, 0.1) is 6.92 Å². The second-order valence-corrected chi connectivity index (χ2v) is 6.20. The highest BCUT2D eigenvalue weighted by molar-refractivity contribution is 7.09. The average molecular weight is 303 g/mol. The molecule has 3 nitrogen and oxygen atoms in total. The molecular weight excluding hydrogens is 278 g/mol. The number of thiazole rings is 1. The van der Waals surface area contributed by atoms with Gasteiger partial charge in [0.25, 0.3) is 0 Å². The molecule has 0 saturated carbocycles. The molecule has 0 radical (unpaired) electrons. The number of hydrogen-bond donors (Lipinski definition) is 1. The Balaban J connectivity index is 1.99. The Labute approximate surface area is 132 Å². The molecule has 2 rings (SSSR count). The number of aryl methyl sites for hydroxylation is 1. The SMILES string of the molecule is CCN(CC)C(CNCc1csc(C)n1)c1ccccc1. The summed E-state index contributed by atoms with van der Waals surface area (Å²) >= 11 is 1.71. The fraction of sp³-hybridized carbons (Fsp3) is 0.471. The number of aromatic nitrogens is 1. The molecule has 0 saturated heterocycles. The lowest BCUT2D eigenvalue weighted by Gasteiger charge is -2.30. The summed E-state index contributed by atoms with van der Waals surface area (Å²) in [6.45, 7) is 10.4. The minimum absolute atomic E-state index is 0.418. The van der Waals surface area contributed by atoms with E-state index in [1.807, 2.05) is 0 Å². The molecule has 0 spiro atoms. The summed E-state index contributed by atoms with van der Waals surface area (Å²) in [5.74, 6) is 0. The molecular formula is C17H25N3S. The van der Waals surface area contributed by atoms with Crippen LogP contribution in [0.1, 0.15) is 36.2 Å². The van der Waals surface area contributed by atoms with Gasteiger partial charge in [-0.25, -0.2) is 4.98 Å². The molecule has 4 heteroatoms. The van der Waals surface area contributed by atoms with Gasteiger partial charge in [-0.1, -0.05) is 44.2 Å². The minimum Gasteiger partial charge on any atom is -0.309 e. The molecule has 0 bridgehead atoms. The van der Waals surface area contributed by atoms with Crippen LogP contribution in [0.25, 0.3) is 0 Å². The lowest BCUT2D eigenvalue weighted by atomic mass is 10.1. The Kier molecular flexibility index (Phi) is 6.36. The van der Waals surface area contributed by atoms with Crippen LogP contribution in [0.5, 0.6) is 0 Å². The zero-order valence-electron chi connectivity index (χ0n) is 13.2. The first-order chi connectivity index (χ1) is 10.2. The minimum atomic E-state index is 0.418. The fourth-order valence-electron chi connectivity index (χ4n) is 2.62. The number of likely N-dealkylation sites (N-methyl/N-ethyl adjacent to an activating group) is 1. The number of rotatable bonds is 8. The summed E-state index contributed by atoms with van der Waals surface area (Å²) in [7, 11) is 0. The number of benzene rings is 1. The molecule has 0 fully saturated rings. The zero-order chi connectivity index (χ0) is 15.1. The monoisotopic (exact) mass is 303 g/mol. The van der Waals surface area contributed by atoms with E-state index in [9.17, 15) is 0 Å². The van der Waals surface area contributed by atoms with Crippen molar-refractivity contribution in [1.82, 2.24) is 15.2 Å². The fourth-order valence-corrected chi connectivity index (χ4v) is 3.24. The lowest BCUT2D eigenvalue weighted by molar-refractivity contribution is 0.213. The summed E-state index contributed by atoms with van der Waals surface area (Å²) in [4.78, 5) is 7.00. The quantitative estimate of drug-likeness (QED) is 0.807. The molecule has 1 unspecified atom stereocenters. The molecule has 0 aliphatic carbocycles. The van der Waals surface area contributed by atoms with Crippen molar-refractivity contribution in [3.63, 3.8) is 0 Å². The van der Waals surface area contributed by atoms with E-state index in [0.717, 1.165) is 36.9 Å². The Morgan fingerprint density at radius 2 is 1.90 bits per heavy atom. The molecule has 114 valence electrons. The molecule has 1 aromatic carbocycles. The Morgan fingerprint density at radius 1 is 1.19 bits per heavy atom. The summed E-state index contributed by atoms with van der Waals surface area (Å²) in [6, 6.07) is 11.2. The van der Waals surface area contributed by atoms with Crippen LogP contribution in [-0.4, -0.2) is 29.5 Å². The topological polar surface area (TPSA) is 28.2 Å². The van der Waals surface area contributed by atoms with E-state index in [4.69, 9.17) is 0 Å². The van der Waals surface area contributed by atoms with E-state index in [1.54, 1.807) is 11.3 Å². The van der Waals surface area contributed by atoms with Gasteiger partial charge in [0.15, 0.2) is 0 Å². The summed E-state index contributed by atoms with van der Waals surface area (Å²) in [5.41, 5.74) is 2.52. The summed E-state index contributed by atoms with van der Waals surface area (Å²) < 4.78 is 0.